The summed E-state index contributed by atoms with van der Waals surface area (Å²) in [5.74, 6) is -0.283. The van der Waals surface area contributed by atoms with Gasteiger partial charge in [0.25, 0.3) is 0 Å². The molecule has 29 heavy (non-hydrogen) atoms. The highest BCUT2D eigenvalue weighted by Crippen LogP contribution is 2.26. The van der Waals surface area contributed by atoms with Crippen LogP contribution < -0.4 is 0 Å². The van der Waals surface area contributed by atoms with Crippen LogP contribution in [0.25, 0.3) is 27.1 Å². The molecule has 0 fully saturated rings. The van der Waals surface area contributed by atoms with Crippen molar-refractivity contribution in [3.05, 3.63) is 102 Å². The Kier molecular flexibility index (Phi) is 5.71. The molecule has 4 aromatic carbocycles. The van der Waals surface area contributed by atoms with Crippen molar-refractivity contribution >= 4 is 33.1 Å². The lowest BCUT2D eigenvalue weighted by Gasteiger charge is -2.11. The van der Waals surface area contributed by atoms with Crippen molar-refractivity contribution in [2.45, 2.75) is 19.8 Å². The number of aryl methyl sites for hydroxylation is 1. The van der Waals surface area contributed by atoms with E-state index in [-0.39, 0.29) is 5.97 Å². The van der Waals surface area contributed by atoms with Crippen molar-refractivity contribution < 1.29 is 9.53 Å². The highest BCUT2D eigenvalue weighted by atomic mass is 16.5. The summed E-state index contributed by atoms with van der Waals surface area (Å²) in [6.07, 6.45) is 3.28. The van der Waals surface area contributed by atoms with Gasteiger partial charge in [0, 0.05) is 6.08 Å². The molecule has 2 nitrogen and oxygen atoms in total. The molecule has 0 aliphatic rings. The number of fused-ring (bicyclic) bond motifs is 2. The third kappa shape index (κ3) is 4.55. The Morgan fingerprint density at radius 2 is 1.41 bits per heavy atom. The van der Waals surface area contributed by atoms with Crippen LogP contribution in [0.15, 0.2) is 91.0 Å². The molecule has 0 saturated carbocycles. The maximum atomic E-state index is 12.2. The monoisotopic (exact) mass is 380 g/mol. The van der Waals surface area contributed by atoms with Crippen LogP contribution in [0, 0.1) is 0 Å². The molecule has 0 aliphatic carbocycles. The van der Waals surface area contributed by atoms with Gasteiger partial charge >= 0.3 is 5.97 Å². The number of hydrogen-bond donors (Lipinski definition) is 0. The molecule has 144 valence electrons. The number of allylic oxidation sites excluding steroid dienone is 1. The van der Waals surface area contributed by atoms with Gasteiger partial charge in [0.2, 0.25) is 0 Å². The van der Waals surface area contributed by atoms with Gasteiger partial charge in [-0.05, 0) is 64.1 Å². The molecule has 0 heterocycles. The van der Waals surface area contributed by atoms with Crippen molar-refractivity contribution in [3.8, 4) is 0 Å². The van der Waals surface area contributed by atoms with E-state index in [4.69, 9.17) is 4.74 Å². The largest absolute Gasteiger partial charge is 0.463 e. The molecule has 0 atom stereocenters. The number of esters is 1. The number of carbonyl (C=O) groups is 1. The third-order valence-electron chi connectivity index (χ3n) is 5.20. The normalized spacial score (nSPS) is 11.7. The summed E-state index contributed by atoms with van der Waals surface area (Å²) in [6.45, 7) is 2.21. The number of rotatable bonds is 6. The fraction of sp³-hybridized carbons (Fsp3) is 0.148. The molecule has 2 heteroatoms. The van der Waals surface area contributed by atoms with E-state index in [1.54, 1.807) is 6.08 Å². The smallest absolute Gasteiger partial charge is 0.331 e. The highest BCUT2D eigenvalue weighted by Gasteiger charge is 2.08. The van der Waals surface area contributed by atoms with Gasteiger partial charge in [-0.1, -0.05) is 78.9 Å². The molecule has 0 N–H and O–H groups in total. The van der Waals surface area contributed by atoms with Gasteiger partial charge in [0.15, 0.2) is 0 Å². The molecule has 0 saturated heterocycles. The van der Waals surface area contributed by atoms with Gasteiger partial charge in [-0.25, -0.2) is 4.79 Å². The van der Waals surface area contributed by atoms with E-state index in [1.807, 2.05) is 19.1 Å². The lowest BCUT2D eigenvalue weighted by atomic mass is 9.95. The predicted octanol–water partition coefficient (Wildman–Crippen LogP) is 6.57. The minimum Gasteiger partial charge on any atom is -0.463 e. The van der Waals surface area contributed by atoms with E-state index in [0.717, 1.165) is 24.0 Å². The van der Waals surface area contributed by atoms with Crippen LogP contribution in [0.4, 0.5) is 0 Å². The second-order valence-electron chi connectivity index (χ2n) is 7.17. The molecular weight excluding hydrogens is 356 g/mol. The number of carbonyl (C=O) groups excluding carboxylic acids is 1. The van der Waals surface area contributed by atoms with E-state index in [2.05, 4.69) is 72.8 Å². The Bertz CT molecular complexity index is 1190. The van der Waals surface area contributed by atoms with E-state index in [9.17, 15) is 4.79 Å². The fourth-order valence-corrected chi connectivity index (χ4v) is 3.69. The number of hydrogen-bond acceptors (Lipinski definition) is 2. The first-order valence-corrected chi connectivity index (χ1v) is 10.1. The summed E-state index contributed by atoms with van der Waals surface area (Å²) in [6, 6.07) is 29.6. The first-order valence-electron chi connectivity index (χ1n) is 10.1. The average molecular weight is 380 g/mol. The fourth-order valence-electron chi connectivity index (χ4n) is 3.69. The van der Waals surface area contributed by atoms with Gasteiger partial charge in [0.1, 0.15) is 0 Å². The zero-order valence-electron chi connectivity index (χ0n) is 16.6. The molecule has 0 aromatic heterocycles. The van der Waals surface area contributed by atoms with Gasteiger partial charge in [-0.15, -0.1) is 0 Å². The molecule has 0 aliphatic heterocycles. The van der Waals surface area contributed by atoms with Gasteiger partial charge < -0.3 is 4.74 Å². The Balaban J connectivity index is 1.63. The molecule has 0 unspecified atom stereocenters. The van der Waals surface area contributed by atoms with Crippen LogP contribution in [-0.4, -0.2) is 12.6 Å². The summed E-state index contributed by atoms with van der Waals surface area (Å²) in [7, 11) is 0. The highest BCUT2D eigenvalue weighted by molar-refractivity contribution is 5.94. The topological polar surface area (TPSA) is 26.3 Å². The van der Waals surface area contributed by atoms with E-state index in [1.165, 1.54) is 27.1 Å². The quantitative estimate of drug-likeness (QED) is 0.279. The van der Waals surface area contributed by atoms with E-state index < -0.39 is 0 Å². The number of ether oxygens (including phenoxy) is 1. The maximum Gasteiger partial charge on any atom is 0.331 e. The molecule has 0 radical (unpaired) electrons. The van der Waals surface area contributed by atoms with Crippen LogP contribution in [0.2, 0.25) is 0 Å². The van der Waals surface area contributed by atoms with Crippen molar-refractivity contribution in [1.29, 1.82) is 0 Å². The number of benzene rings is 4. The molecule has 4 aromatic rings. The van der Waals surface area contributed by atoms with Crippen molar-refractivity contribution in [3.63, 3.8) is 0 Å². The Morgan fingerprint density at radius 3 is 2.10 bits per heavy atom. The Labute approximate surface area is 171 Å². The van der Waals surface area contributed by atoms with Crippen LogP contribution in [0.1, 0.15) is 24.5 Å². The van der Waals surface area contributed by atoms with Crippen LogP contribution >= 0.6 is 0 Å². The Morgan fingerprint density at radius 1 is 0.793 bits per heavy atom. The lowest BCUT2D eigenvalue weighted by Crippen LogP contribution is -2.02. The van der Waals surface area contributed by atoms with Crippen LogP contribution in [0.5, 0.6) is 0 Å². The predicted molar refractivity (Wildman–Crippen MR) is 121 cm³/mol. The summed E-state index contributed by atoms with van der Waals surface area (Å²) in [4.78, 5) is 12.2. The minimum atomic E-state index is -0.283. The first-order chi connectivity index (χ1) is 14.2. The summed E-state index contributed by atoms with van der Waals surface area (Å²) in [5, 5.41) is 4.85. The standard InChI is InChI=1S/C27H24O2/c1-2-29-27(28)19-26(25-16-15-22-8-4-6-10-24(22)18-25)14-12-20-11-13-21-7-3-5-9-23(21)17-20/h3-11,13,15-19H,2,12,14H2,1H3/b26-19+. The van der Waals surface area contributed by atoms with Crippen LogP contribution in [-0.2, 0) is 16.0 Å². The van der Waals surface area contributed by atoms with Crippen molar-refractivity contribution in [2.75, 3.05) is 6.61 Å². The van der Waals surface area contributed by atoms with Gasteiger partial charge in [-0.2, -0.15) is 0 Å². The molecule has 0 spiro atoms. The van der Waals surface area contributed by atoms with E-state index in [0.29, 0.717) is 6.61 Å². The van der Waals surface area contributed by atoms with E-state index >= 15 is 0 Å². The van der Waals surface area contributed by atoms with Gasteiger partial charge in [0.05, 0.1) is 6.61 Å². The zero-order valence-corrected chi connectivity index (χ0v) is 16.6. The lowest BCUT2D eigenvalue weighted by molar-refractivity contribution is -0.137. The second kappa shape index (κ2) is 8.74. The van der Waals surface area contributed by atoms with Crippen molar-refractivity contribution in [2.24, 2.45) is 0 Å². The third-order valence-corrected chi connectivity index (χ3v) is 5.20. The summed E-state index contributed by atoms with van der Waals surface area (Å²) in [5.41, 5.74) is 3.33. The van der Waals surface area contributed by atoms with Crippen molar-refractivity contribution in [1.82, 2.24) is 0 Å². The minimum absolute atomic E-state index is 0.283. The maximum absolute atomic E-state index is 12.2. The SMILES string of the molecule is CCOC(=O)/C=C(\CCc1ccc2ccccc2c1)c1ccc2ccccc2c1. The average Bonchev–Trinajstić information content (AvgIpc) is 2.76. The molecule has 0 amide bonds. The Hall–Kier alpha value is -3.39. The molecular formula is C27H24O2. The summed E-state index contributed by atoms with van der Waals surface area (Å²) >= 11 is 0. The first kappa shape index (κ1) is 18.9. The summed E-state index contributed by atoms with van der Waals surface area (Å²) < 4.78 is 5.18. The second-order valence-corrected chi connectivity index (χ2v) is 7.17. The van der Waals surface area contributed by atoms with Gasteiger partial charge in [-0.3, -0.25) is 0 Å². The van der Waals surface area contributed by atoms with Crippen LogP contribution in [0.3, 0.4) is 0 Å². The molecule has 0 bridgehead atoms. The molecule has 4 rings (SSSR count). The zero-order chi connectivity index (χ0) is 20.1.